The van der Waals surface area contributed by atoms with Crippen molar-refractivity contribution in [3.63, 3.8) is 0 Å². The van der Waals surface area contributed by atoms with Crippen LogP contribution in [0.25, 0.3) is 22.0 Å². The summed E-state index contributed by atoms with van der Waals surface area (Å²) in [4.78, 5) is 31.0. The molecule has 3 aromatic rings. The Hall–Kier alpha value is -3.36. The average molecular weight is 508 g/mol. The van der Waals surface area contributed by atoms with E-state index >= 15 is 0 Å². The van der Waals surface area contributed by atoms with Gasteiger partial charge in [-0.15, -0.1) is 0 Å². The van der Waals surface area contributed by atoms with Crippen LogP contribution in [0, 0.1) is 12.8 Å². The number of halogens is 1. The monoisotopic (exact) mass is 507 g/mol. The van der Waals surface area contributed by atoms with Crippen molar-refractivity contribution in [2.75, 3.05) is 45.2 Å². The number of likely N-dealkylation sites (tertiary alicyclic amines) is 1. The number of carbonyl (C=O) groups is 2. The zero-order valence-corrected chi connectivity index (χ0v) is 21.5. The lowest BCUT2D eigenvalue weighted by Gasteiger charge is -2.43. The first kappa shape index (κ1) is 24.3. The van der Waals surface area contributed by atoms with Crippen molar-refractivity contribution in [3.05, 3.63) is 53.7 Å². The summed E-state index contributed by atoms with van der Waals surface area (Å²) in [5.41, 5.74) is 4.49. The van der Waals surface area contributed by atoms with Gasteiger partial charge in [0.2, 0.25) is 5.91 Å². The van der Waals surface area contributed by atoms with E-state index < -0.39 is 6.10 Å². The first-order chi connectivity index (χ1) is 17.3. The number of amides is 2. The van der Waals surface area contributed by atoms with Gasteiger partial charge in [0.1, 0.15) is 5.75 Å². The normalized spacial score (nSPS) is 17.8. The van der Waals surface area contributed by atoms with Crippen molar-refractivity contribution in [2.24, 2.45) is 5.92 Å². The number of rotatable bonds is 7. The second-order valence-corrected chi connectivity index (χ2v) is 10.3. The summed E-state index contributed by atoms with van der Waals surface area (Å²) in [7, 11) is 3.95. The third kappa shape index (κ3) is 4.35. The van der Waals surface area contributed by atoms with E-state index in [-0.39, 0.29) is 17.7 Å². The van der Waals surface area contributed by atoms with Crippen LogP contribution in [0.2, 0.25) is 5.02 Å². The Bertz CT molecular complexity index is 1340. The van der Waals surface area contributed by atoms with Crippen molar-refractivity contribution >= 4 is 40.0 Å². The standard InChI is InChI=1S/C27H30ClN5O3/c1-5-25(34)32-13-17(14-32)15-33-22-11-20(28)18(26-16(2)6-7-21-19(26)12-29-30-21)10-24(22)36-23(27(33)35)8-9-31(3)4/h5-7,10-12,17,23H,1,8-9,13-15H2,2-4H3,(H,29,30)/t23-/m0/s1. The first-order valence-corrected chi connectivity index (χ1v) is 12.4. The van der Waals surface area contributed by atoms with Crippen LogP contribution < -0.4 is 9.64 Å². The van der Waals surface area contributed by atoms with Crippen molar-refractivity contribution in [3.8, 4) is 16.9 Å². The molecule has 0 bridgehead atoms. The Labute approximate surface area is 215 Å². The molecule has 0 spiro atoms. The summed E-state index contributed by atoms with van der Waals surface area (Å²) in [6.07, 6.45) is 3.11. The number of anilines is 1. The number of aromatic nitrogens is 2. The number of fused-ring (bicyclic) bond motifs is 2. The fourth-order valence-corrected chi connectivity index (χ4v) is 5.27. The maximum absolute atomic E-state index is 13.5. The number of H-pyrrole nitrogens is 1. The van der Waals surface area contributed by atoms with Gasteiger partial charge in [0.25, 0.3) is 5.91 Å². The zero-order valence-electron chi connectivity index (χ0n) is 20.8. The van der Waals surface area contributed by atoms with Crippen LogP contribution in [-0.2, 0) is 9.59 Å². The Balaban J connectivity index is 1.52. The lowest BCUT2D eigenvalue weighted by molar-refractivity contribution is -0.132. The van der Waals surface area contributed by atoms with E-state index in [1.165, 1.54) is 6.08 Å². The van der Waals surface area contributed by atoms with Crippen LogP contribution in [0.3, 0.4) is 0 Å². The predicted molar refractivity (Wildman–Crippen MR) is 141 cm³/mol. The molecule has 0 aliphatic carbocycles. The molecular weight excluding hydrogens is 478 g/mol. The van der Waals surface area contributed by atoms with Gasteiger partial charge in [-0.2, -0.15) is 5.10 Å². The van der Waals surface area contributed by atoms with Crippen molar-refractivity contribution in [1.82, 2.24) is 20.0 Å². The van der Waals surface area contributed by atoms with Gasteiger partial charge in [-0.1, -0.05) is 24.2 Å². The van der Waals surface area contributed by atoms with Crippen molar-refractivity contribution < 1.29 is 14.3 Å². The highest BCUT2D eigenvalue weighted by Gasteiger charge is 2.39. The maximum atomic E-state index is 13.5. The van der Waals surface area contributed by atoms with Gasteiger partial charge < -0.3 is 19.4 Å². The fraction of sp³-hybridized carbons (Fsp3) is 0.370. The number of nitrogens with one attached hydrogen (secondary N) is 1. The molecule has 1 atom stereocenters. The Kier molecular flexibility index (Phi) is 6.49. The van der Waals surface area contributed by atoms with E-state index in [2.05, 4.69) is 16.8 Å². The molecule has 1 N–H and O–H groups in total. The number of aromatic amines is 1. The van der Waals surface area contributed by atoms with Crippen LogP contribution in [0.15, 0.2) is 43.1 Å². The van der Waals surface area contributed by atoms with Crippen LogP contribution in [0.1, 0.15) is 12.0 Å². The van der Waals surface area contributed by atoms with Crippen LogP contribution in [-0.4, -0.2) is 78.2 Å². The lowest BCUT2D eigenvalue weighted by Crippen LogP contribution is -2.56. The van der Waals surface area contributed by atoms with Gasteiger partial charge in [0.15, 0.2) is 6.10 Å². The molecule has 2 amide bonds. The first-order valence-electron chi connectivity index (χ1n) is 12.1. The number of hydrogen-bond acceptors (Lipinski definition) is 5. The van der Waals surface area contributed by atoms with Gasteiger partial charge in [0.05, 0.1) is 22.4 Å². The Morgan fingerprint density at radius 1 is 1.33 bits per heavy atom. The highest BCUT2D eigenvalue weighted by atomic mass is 35.5. The van der Waals surface area contributed by atoms with E-state index in [1.54, 1.807) is 16.0 Å². The van der Waals surface area contributed by atoms with Gasteiger partial charge in [0, 0.05) is 49.5 Å². The molecule has 0 saturated carbocycles. The number of hydrogen-bond donors (Lipinski definition) is 1. The van der Waals surface area contributed by atoms with Gasteiger partial charge >= 0.3 is 0 Å². The minimum absolute atomic E-state index is 0.0743. The van der Waals surface area contributed by atoms with Crippen molar-refractivity contribution in [2.45, 2.75) is 19.4 Å². The molecule has 5 rings (SSSR count). The molecule has 2 aromatic carbocycles. The number of nitrogens with zero attached hydrogens (tertiary/aromatic N) is 4. The SMILES string of the molecule is C=CC(=O)N1CC(CN2C(=O)[C@H](CCN(C)C)Oc3cc(-c4c(C)ccc5[nH]ncc45)c(Cl)cc32)C1. The minimum atomic E-state index is -0.592. The molecule has 1 saturated heterocycles. The third-order valence-corrected chi connectivity index (χ3v) is 7.29. The van der Waals surface area contributed by atoms with Gasteiger partial charge in [-0.3, -0.25) is 14.7 Å². The molecule has 1 fully saturated rings. The topological polar surface area (TPSA) is 81.8 Å². The summed E-state index contributed by atoms with van der Waals surface area (Å²) in [5.74, 6) is 0.657. The largest absolute Gasteiger partial charge is 0.478 e. The lowest BCUT2D eigenvalue weighted by atomic mass is 9.94. The maximum Gasteiger partial charge on any atom is 0.268 e. The molecule has 2 aliphatic rings. The minimum Gasteiger partial charge on any atom is -0.478 e. The Morgan fingerprint density at radius 3 is 2.83 bits per heavy atom. The molecule has 1 aromatic heterocycles. The number of aryl methyl sites for hydroxylation is 1. The second kappa shape index (κ2) is 9.59. The molecule has 188 valence electrons. The summed E-state index contributed by atoms with van der Waals surface area (Å²) in [6, 6.07) is 7.81. The predicted octanol–water partition coefficient (Wildman–Crippen LogP) is 3.88. The quantitative estimate of drug-likeness (QED) is 0.491. The number of ether oxygens (including phenoxy) is 1. The highest BCUT2D eigenvalue weighted by Crippen LogP contribution is 2.45. The van der Waals surface area contributed by atoms with E-state index in [9.17, 15) is 9.59 Å². The fourth-order valence-electron chi connectivity index (χ4n) is 5.02. The molecule has 2 aliphatic heterocycles. The highest BCUT2D eigenvalue weighted by molar-refractivity contribution is 6.34. The zero-order chi connectivity index (χ0) is 25.6. The molecule has 0 radical (unpaired) electrons. The van der Waals surface area contributed by atoms with Crippen molar-refractivity contribution in [1.29, 1.82) is 0 Å². The molecule has 36 heavy (non-hydrogen) atoms. The molecule has 0 unspecified atom stereocenters. The summed E-state index contributed by atoms with van der Waals surface area (Å²) in [5, 5.41) is 8.74. The summed E-state index contributed by atoms with van der Waals surface area (Å²) in [6.45, 7) is 8.02. The van der Waals surface area contributed by atoms with Gasteiger partial charge in [-0.25, -0.2) is 0 Å². The molecule has 3 heterocycles. The van der Waals surface area contributed by atoms with Crippen LogP contribution in [0.5, 0.6) is 5.75 Å². The van der Waals surface area contributed by atoms with Gasteiger partial charge in [-0.05, 0) is 56.4 Å². The van der Waals surface area contributed by atoms with E-state index in [1.807, 2.05) is 50.2 Å². The molecular formula is C27H30ClN5O3. The summed E-state index contributed by atoms with van der Waals surface area (Å²) >= 11 is 6.86. The molecule has 9 heteroatoms. The van der Waals surface area contributed by atoms with E-state index in [0.29, 0.717) is 42.5 Å². The third-order valence-electron chi connectivity index (χ3n) is 6.97. The number of benzene rings is 2. The Morgan fingerprint density at radius 2 is 2.11 bits per heavy atom. The average Bonchev–Trinajstić information content (AvgIpc) is 3.29. The smallest absolute Gasteiger partial charge is 0.268 e. The van der Waals surface area contributed by atoms with E-state index in [0.717, 1.165) is 34.1 Å². The van der Waals surface area contributed by atoms with E-state index in [4.69, 9.17) is 16.3 Å². The number of carbonyl (C=O) groups excluding carboxylic acids is 2. The summed E-state index contributed by atoms with van der Waals surface area (Å²) < 4.78 is 6.31. The second-order valence-electron chi connectivity index (χ2n) is 9.85. The van der Waals surface area contributed by atoms with Crippen LogP contribution in [0.4, 0.5) is 5.69 Å². The van der Waals surface area contributed by atoms with Crippen LogP contribution >= 0.6 is 11.6 Å². The molecule has 8 nitrogen and oxygen atoms in total.